The summed E-state index contributed by atoms with van der Waals surface area (Å²) in [7, 11) is 0. The van der Waals surface area contributed by atoms with E-state index >= 15 is 0 Å². The fourth-order valence-corrected chi connectivity index (χ4v) is 1.09. The van der Waals surface area contributed by atoms with Crippen molar-refractivity contribution in [3.05, 3.63) is 0 Å². The van der Waals surface area contributed by atoms with Crippen molar-refractivity contribution in [2.45, 2.75) is 44.6 Å². The Balaban J connectivity index is 3.45. The van der Waals surface area contributed by atoms with Crippen molar-refractivity contribution in [3.8, 4) is 0 Å². The van der Waals surface area contributed by atoms with Gasteiger partial charge in [0.2, 0.25) is 0 Å². The molecule has 0 aromatic carbocycles. The summed E-state index contributed by atoms with van der Waals surface area (Å²) in [5.41, 5.74) is -1.26. The van der Waals surface area contributed by atoms with E-state index in [-0.39, 0.29) is 13.2 Å². The van der Waals surface area contributed by atoms with Gasteiger partial charge in [0.05, 0.1) is 13.2 Å². The van der Waals surface area contributed by atoms with Gasteiger partial charge in [-0.05, 0) is 6.42 Å². The quantitative estimate of drug-likeness (QED) is 0.500. The largest absolute Gasteiger partial charge is 0.393 e. The van der Waals surface area contributed by atoms with Crippen molar-refractivity contribution >= 4 is 0 Å². The van der Waals surface area contributed by atoms with Gasteiger partial charge in [-0.25, -0.2) is 0 Å². The standard InChI is InChI=1S/C9H20O3/c1-2-3-4-5-6-9(12,7-10)8-11/h10-12H,2-8H2,1H3. The summed E-state index contributed by atoms with van der Waals surface area (Å²) in [6.45, 7) is 1.41. The third kappa shape index (κ3) is 4.70. The van der Waals surface area contributed by atoms with Crippen molar-refractivity contribution in [2.75, 3.05) is 13.2 Å². The molecule has 0 radical (unpaired) electrons. The minimum absolute atomic E-state index is 0.352. The number of rotatable bonds is 7. The summed E-state index contributed by atoms with van der Waals surface area (Å²) < 4.78 is 0. The molecule has 0 aliphatic rings. The maximum absolute atomic E-state index is 9.43. The Morgan fingerprint density at radius 3 is 2.00 bits per heavy atom. The van der Waals surface area contributed by atoms with Crippen LogP contribution in [0.1, 0.15) is 39.0 Å². The van der Waals surface area contributed by atoms with Crippen LogP contribution in [0.15, 0.2) is 0 Å². The van der Waals surface area contributed by atoms with Gasteiger partial charge in [-0.1, -0.05) is 32.6 Å². The van der Waals surface area contributed by atoms with Crippen molar-refractivity contribution in [1.82, 2.24) is 0 Å². The smallest absolute Gasteiger partial charge is 0.111 e. The third-order valence-corrected chi connectivity index (χ3v) is 2.08. The second kappa shape index (κ2) is 6.40. The first-order valence-corrected chi connectivity index (χ1v) is 4.62. The molecule has 0 saturated carbocycles. The molecule has 3 heteroatoms. The second-order valence-corrected chi connectivity index (χ2v) is 3.35. The molecule has 0 spiro atoms. The molecule has 0 aliphatic heterocycles. The van der Waals surface area contributed by atoms with Gasteiger partial charge in [0.25, 0.3) is 0 Å². The van der Waals surface area contributed by atoms with Crippen molar-refractivity contribution in [2.24, 2.45) is 0 Å². The molecule has 0 atom stereocenters. The first-order valence-electron chi connectivity index (χ1n) is 4.62. The van der Waals surface area contributed by atoms with E-state index < -0.39 is 5.60 Å². The molecule has 0 aromatic heterocycles. The lowest BCUT2D eigenvalue weighted by atomic mass is 9.98. The average molecular weight is 176 g/mol. The highest BCUT2D eigenvalue weighted by atomic mass is 16.4. The molecular formula is C9H20O3. The highest BCUT2D eigenvalue weighted by Gasteiger charge is 2.23. The molecule has 0 heterocycles. The van der Waals surface area contributed by atoms with Crippen LogP contribution in [0.25, 0.3) is 0 Å². The van der Waals surface area contributed by atoms with E-state index in [2.05, 4.69) is 6.92 Å². The zero-order valence-electron chi connectivity index (χ0n) is 7.79. The fourth-order valence-electron chi connectivity index (χ4n) is 1.09. The number of hydrogen-bond donors (Lipinski definition) is 3. The molecule has 0 saturated heterocycles. The maximum atomic E-state index is 9.43. The SMILES string of the molecule is CCCCCCC(O)(CO)CO. The van der Waals surface area contributed by atoms with Crippen LogP contribution in [0, 0.1) is 0 Å². The minimum atomic E-state index is -1.26. The Hall–Kier alpha value is -0.120. The lowest BCUT2D eigenvalue weighted by molar-refractivity contribution is -0.0616. The highest BCUT2D eigenvalue weighted by molar-refractivity contribution is 4.75. The molecule has 0 aromatic rings. The molecule has 0 bridgehead atoms. The van der Waals surface area contributed by atoms with E-state index in [4.69, 9.17) is 10.2 Å². The summed E-state index contributed by atoms with van der Waals surface area (Å²) >= 11 is 0. The summed E-state index contributed by atoms with van der Waals surface area (Å²) in [6.07, 6.45) is 4.70. The third-order valence-electron chi connectivity index (χ3n) is 2.08. The Labute approximate surface area is 74.0 Å². The monoisotopic (exact) mass is 176 g/mol. The molecule has 3 nitrogen and oxygen atoms in total. The van der Waals surface area contributed by atoms with E-state index in [1.165, 1.54) is 0 Å². The Kier molecular flexibility index (Phi) is 6.34. The Bertz CT molecular complexity index is 99.9. The van der Waals surface area contributed by atoms with Crippen molar-refractivity contribution in [3.63, 3.8) is 0 Å². The Morgan fingerprint density at radius 2 is 1.58 bits per heavy atom. The van der Waals surface area contributed by atoms with E-state index in [0.29, 0.717) is 6.42 Å². The predicted molar refractivity (Wildman–Crippen MR) is 47.9 cm³/mol. The van der Waals surface area contributed by atoms with Crippen molar-refractivity contribution in [1.29, 1.82) is 0 Å². The Morgan fingerprint density at radius 1 is 1.00 bits per heavy atom. The van der Waals surface area contributed by atoms with Gasteiger partial charge in [0.15, 0.2) is 0 Å². The maximum Gasteiger partial charge on any atom is 0.111 e. The zero-order chi connectivity index (χ0) is 9.45. The van der Waals surface area contributed by atoms with Gasteiger partial charge >= 0.3 is 0 Å². The van der Waals surface area contributed by atoms with E-state index in [9.17, 15) is 5.11 Å². The van der Waals surface area contributed by atoms with Crippen LogP contribution in [0.5, 0.6) is 0 Å². The summed E-state index contributed by atoms with van der Waals surface area (Å²) in [5.74, 6) is 0. The fraction of sp³-hybridized carbons (Fsp3) is 1.00. The molecular weight excluding hydrogens is 156 g/mol. The average Bonchev–Trinajstić information content (AvgIpc) is 2.12. The van der Waals surface area contributed by atoms with E-state index in [1.807, 2.05) is 0 Å². The van der Waals surface area contributed by atoms with Gasteiger partial charge < -0.3 is 15.3 Å². The van der Waals surface area contributed by atoms with Gasteiger partial charge in [0.1, 0.15) is 5.60 Å². The number of aliphatic hydroxyl groups excluding tert-OH is 2. The number of unbranched alkanes of at least 4 members (excludes halogenated alkanes) is 3. The van der Waals surface area contributed by atoms with Crippen molar-refractivity contribution < 1.29 is 15.3 Å². The molecule has 0 rings (SSSR count). The number of hydrogen-bond acceptors (Lipinski definition) is 3. The number of aliphatic hydroxyl groups is 3. The molecule has 0 fully saturated rings. The summed E-state index contributed by atoms with van der Waals surface area (Å²) in [4.78, 5) is 0. The second-order valence-electron chi connectivity index (χ2n) is 3.35. The minimum Gasteiger partial charge on any atom is -0.393 e. The molecule has 0 amide bonds. The predicted octanol–water partition coefficient (Wildman–Crippen LogP) is 0.672. The summed E-state index contributed by atoms with van der Waals surface area (Å²) in [5, 5.41) is 26.9. The summed E-state index contributed by atoms with van der Waals surface area (Å²) in [6, 6.07) is 0. The van der Waals surface area contributed by atoms with Gasteiger partial charge in [-0.3, -0.25) is 0 Å². The van der Waals surface area contributed by atoms with Crippen LogP contribution >= 0.6 is 0 Å². The normalized spacial score (nSPS) is 12.0. The van der Waals surface area contributed by atoms with Crippen LogP contribution in [0.4, 0.5) is 0 Å². The van der Waals surface area contributed by atoms with E-state index in [0.717, 1.165) is 25.7 Å². The molecule has 0 aliphatic carbocycles. The lowest BCUT2D eigenvalue weighted by Gasteiger charge is -2.22. The van der Waals surface area contributed by atoms with Crippen LogP contribution in [-0.2, 0) is 0 Å². The van der Waals surface area contributed by atoms with Crippen LogP contribution < -0.4 is 0 Å². The lowest BCUT2D eigenvalue weighted by Crippen LogP contribution is -2.37. The molecule has 12 heavy (non-hydrogen) atoms. The topological polar surface area (TPSA) is 60.7 Å². The zero-order valence-corrected chi connectivity index (χ0v) is 7.79. The van der Waals surface area contributed by atoms with Gasteiger partial charge in [0, 0.05) is 0 Å². The molecule has 3 N–H and O–H groups in total. The van der Waals surface area contributed by atoms with Crippen LogP contribution in [0.3, 0.4) is 0 Å². The van der Waals surface area contributed by atoms with Crippen LogP contribution in [0.2, 0.25) is 0 Å². The van der Waals surface area contributed by atoms with Gasteiger partial charge in [-0.15, -0.1) is 0 Å². The molecule has 74 valence electrons. The van der Waals surface area contributed by atoms with Gasteiger partial charge in [-0.2, -0.15) is 0 Å². The first kappa shape index (κ1) is 11.9. The van der Waals surface area contributed by atoms with E-state index in [1.54, 1.807) is 0 Å². The highest BCUT2D eigenvalue weighted by Crippen LogP contribution is 2.14. The van der Waals surface area contributed by atoms with Crippen LogP contribution in [-0.4, -0.2) is 34.1 Å². The molecule has 0 unspecified atom stereocenters. The first-order chi connectivity index (χ1) is 5.68.